The van der Waals surface area contributed by atoms with Crippen LogP contribution in [0.2, 0.25) is 0 Å². The first-order valence-corrected chi connectivity index (χ1v) is 8.19. The Morgan fingerprint density at radius 1 is 1.24 bits per heavy atom. The largest absolute Gasteiger partial charge is 0.497 e. The summed E-state index contributed by atoms with van der Waals surface area (Å²) in [5.74, 6) is 2.26. The minimum atomic E-state index is -0.113. The van der Waals surface area contributed by atoms with Gasteiger partial charge >= 0.3 is 0 Å². The Morgan fingerprint density at radius 2 is 2.10 bits per heavy atom. The number of hydrogen-bond acceptors (Lipinski definition) is 2. The predicted molar refractivity (Wildman–Crippen MR) is 84.2 cm³/mol. The van der Waals surface area contributed by atoms with E-state index in [1.54, 1.807) is 7.11 Å². The molecule has 0 aromatic heterocycles. The summed E-state index contributed by atoms with van der Waals surface area (Å²) in [7, 11) is 1.73. The molecule has 112 valence electrons. The minimum Gasteiger partial charge on any atom is -0.497 e. The van der Waals surface area contributed by atoms with Gasteiger partial charge in [-0.3, -0.25) is 0 Å². The van der Waals surface area contributed by atoms with Gasteiger partial charge in [-0.1, -0.05) is 19.1 Å². The van der Waals surface area contributed by atoms with E-state index in [-0.39, 0.29) is 11.5 Å². The summed E-state index contributed by atoms with van der Waals surface area (Å²) in [6.45, 7) is 2.30. The highest BCUT2D eigenvalue weighted by Crippen LogP contribution is 2.58. The van der Waals surface area contributed by atoms with Gasteiger partial charge in [0.05, 0.1) is 13.2 Å². The monoisotopic (exact) mass is 284 g/mol. The number of methoxy groups -OCH3 is 1. The predicted octanol–water partition coefficient (Wildman–Crippen LogP) is 3.82. The molecule has 1 aromatic rings. The summed E-state index contributed by atoms with van der Waals surface area (Å²) < 4.78 is 5.36. The van der Waals surface area contributed by atoms with Gasteiger partial charge in [-0.2, -0.15) is 0 Å². The van der Waals surface area contributed by atoms with Crippen LogP contribution in [0.3, 0.4) is 0 Å². The standard InChI is InChI=1S/C19H24O2/c1-19-10-9-15-14-6-4-13(21-2)11-12(14)3-5-16(15)17(19)7-8-18(19)20/h4,6,9,11,16-18,20H,3,5,7-8,10H2,1-2H3/t16?,17?,18-,19-/m0/s1. The fourth-order valence-electron chi connectivity index (χ4n) is 5.05. The molecule has 1 fully saturated rings. The molecule has 0 radical (unpaired) electrons. The molecule has 1 aromatic carbocycles. The molecule has 2 heteroatoms. The zero-order chi connectivity index (χ0) is 14.6. The van der Waals surface area contributed by atoms with Crippen LogP contribution in [0.1, 0.15) is 43.7 Å². The van der Waals surface area contributed by atoms with Gasteiger partial charge in [-0.05, 0) is 72.8 Å². The lowest BCUT2D eigenvalue weighted by Gasteiger charge is -2.45. The molecule has 0 amide bonds. The van der Waals surface area contributed by atoms with Gasteiger partial charge < -0.3 is 9.84 Å². The molecule has 0 saturated heterocycles. The van der Waals surface area contributed by atoms with Crippen LogP contribution in [0.5, 0.6) is 5.75 Å². The number of aryl methyl sites for hydroxylation is 1. The molecule has 3 aliphatic rings. The maximum absolute atomic E-state index is 10.4. The highest BCUT2D eigenvalue weighted by Gasteiger charge is 2.51. The Morgan fingerprint density at radius 3 is 2.90 bits per heavy atom. The first-order chi connectivity index (χ1) is 10.1. The van der Waals surface area contributed by atoms with E-state index in [1.807, 2.05) is 0 Å². The molecule has 4 atom stereocenters. The maximum Gasteiger partial charge on any atom is 0.119 e. The Kier molecular flexibility index (Phi) is 2.94. The number of aliphatic hydroxyl groups excluding tert-OH is 1. The summed E-state index contributed by atoms with van der Waals surface area (Å²) in [4.78, 5) is 0. The highest BCUT2D eigenvalue weighted by atomic mass is 16.5. The van der Waals surface area contributed by atoms with E-state index in [9.17, 15) is 5.11 Å². The molecule has 4 rings (SSSR count). The number of benzene rings is 1. The van der Waals surface area contributed by atoms with Gasteiger partial charge in [0.1, 0.15) is 5.75 Å². The van der Waals surface area contributed by atoms with Crippen molar-refractivity contribution in [1.82, 2.24) is 0 Å². The van der Waals surface area contributed by atoms with Crippen molar-refractivity contribution in [3.05, 3.63) is 35.4 Å². The average molecular weight is 284 g/mol. The lowest BCUT2D eigenvalue weighted by molar-refractivity contribution is 0.0251. The molecular weight excluding hydrogens is 260 g/mol. The number of hydrogen-bond donors (Lipinski definition) is 1. The van der Waals surface area contributed by atoms with Crippen LogP contribution in [0.15, 0.2) is 24.3 Å². The average Bonchev–Trinajstić information content (AvgIpc) is 2.82. The smallest absolute Gasteiger partial charge is 0.119 e. The number of rotatable bonds is 1. The maximum atomic E-state index is 10.4. The third-order valence-corrected chi connectivity index (χ3v) is 6.35. The fraction of sp³-hybridized carbons (Fsp3) is 0.579. The van der Waals surface area contributed by atoms with Crippen LogP contribution in [-0.4, -0.2) is 18.3 Å². The topological polar surface area (TPSA) is 29.5 Å². The van der Waals surface area contributed by atoms with E-state index in [1.165, 1.54) is 29.5 Å². The third-order valence-electron chi connectivity index (χ3n) is 6.35. The van der Waals surface area contributed by atoms with Crippen LogP contribution in [0.4, 0.5) is 0 Å². The molecule has 21 heavy (non-hydrogen) atoms. The lowest BCUT2D eigenvalue weighted by Crippen LogP contribution is -2.40. The van der Waals surface area contributed by atoms with Crippen LogP contribution in [0, 0.1) is 17.3 Å². The number of fused-ring (bicyclic) bond motifs is 5. The van der Waals surface area contributed by atoms with Crippen molar-refractivity contribution >= 4 is 5.57 Å². The van der Waals surface area contributed by atoms with E-state index in [2.05, 4.69) is 31.2 Å². The second kappa shape index (κ2) is 4.61. The Hall–Kier alpha value is -1.28. The fourth-order valence-corrected chi connectivity index (χ4v) is 5.05. The number of aliphatic hydroxyl groups is 1. The zero-order valence-electron chi connectivity index (χ0n) is 12.9. The molecule has 0 aliphatic heterocycles. The van der Waals surface area contributed by atoms with E-state index in [0.717, 1.165) is 25.0 Å². The SMILES string of the molecule is COc1ccc2c(c1)CCC1C2=CC[C@@]2(C)C1CC[C@@H]2O. The van der Waals surface area contributed by atoms with Crippen molar-refractivity contribution in [1.29, 1.82) is 0 Å². The molecule has 0 heterocycles. The molecule has 1 N–H and O–H groups in total. The quantitative estimate of drug-likeness (QED) is 0.849. The van der Waals surface area contributed by atoms with Crippen LogP contribution in [0.25, 0.3) is 5.57 Å². The Balaban J connectivity index is 1.76. The van der Waals surface area contributed by atoms with E-state index in [0.29, 0.717) is 11.8 Å². The summed E-state index contributed by atoms with van der Waals surface area (Å²) in [6.07, 6.45) is 7.85. The number of allylic oxidation sites excluding steroid dienone is 2. The van der Waals surface area contributed by atoms with Crippen molar-refractivity contribution in [2.75, 3.05) is 7.11 Å². The van der Waals surface area contributed by atoms with Gasteiger partial charge in [0.15, 0.2) is 0 Å². The van der Waals surface area contributed by atoms with E-state index >= 15 is 0 Å². The molecule has 2 unspecified atom stereocenters. The number of ether oxygens (including phenoxy) is 1. The summed E-state index contributed by atoms with van der Waals surface area (Å²) in [5.41, 5.74) is 4.50. The molecule has 0 bridgehead atoms. The van der Waals surface area contributed by atoms with Crippen molar-refractivity contribution in [3.8, 4) is 5.75 Å². The zero-order valence-corrected chi connectivity index (χ0v) is 12.9. The van der Waals surface area contributed by atoms with Crippen molar-refractivity contribution in [2.24, 2.45) is 17.3 Å². The van der Waals surface area contributed by atoms with Crippen LogP contribution in [-0.2, 0) is 6.42 Å². The third kappa shape index (κ3) is 1.81. The van der Waals surface area contributed by atoms with Gasteiger partial charge in [-0.15, -0.1) is 0 Å². The first-order valence-electron chi connectivity index (χ1n) is 8.19. The highest BCUT2D eigenvalue weighted by molar-refractivity contribution is 5.73. The summed E-state index contributed by atoms with van der Waals surface area (Å²) in [6, 6.07) is 6.52. The minimum absolute atomic E-state index is 0.109. The Bertz CT molecular complexity index is 604. The second-order valence-corrected chi connectivity index (χ2v) is 7.24. The molecule has 2 nitrogen and oxygen atoms in total. The Labute approximate surface area is 126 Å². The van der Waals surface area contributed by atoms with Crippen LogP contribution < -0.4 is 4.74 Å². The van der Waals surface area contributed by atoms with Gasteiger partial charge in [-0.25, -0.2) is 0 Å². The van der Waals surface area contributed by atoms with E-state index < -0.39 is 0 Å². The van der Waals surface area contributed by atoms with Gasteiger partial charge in [0.25, 0.3) is 0 Å². The van der Waals surface area contributed by atoms with Crippen molar-refractivity contribution in [2.45, 2.75) is 45.1 Å². The molecule has 1 saturated carbocycles. The lowest BCUT2D eigenvalue weighted by atomic mass is 9.60. The summed E-state index contributed by atoms with van der Waals surface area (Å²) in [5, 5.41) is 10.4. The van der Waals surface area contributed by atoms with Gasteiger partial charge in [0.2, 0.25) is 0 Å². The van der Waals surface area contributed by atoms with Crippen LogP contribution >= 0.6 is 0 Å². The van der Waals surface area contributed by atoms with Gasteiger partial charge in [0, 0.05) is 5.41 Å². The van der Waals surface area contributed by atoms with E-state index in [4.69, 9.17) is 4.74 Å². The summed E-state index contributed by atoms with van der Waals surface area (Å²) >= 11 is 0. The molecule has 0 spiro atoms. The first kappa shape index (κ1) is 13.4. The van der Waals surface area contributed by atoms with Crippen molar-refractivity contribution in [3.63, 3.8) is 0 Å². The second-order valence-electron chi connectivity index (χ2n) is 7.24. The molecule has 3 aliphatic carbocycles. The van der Waals surface area contributed by atoms with Crippen molar-refractivity contribution < 1.29 is 9.84 Å². The normalized spacial score (nSPS) is 37.3. The molecular formula is C19H24O2.